The Balaban J connectivity index is 1.72. The van der Waals surface area contributed by atoms with E-state index in [1.165, 1.54) is 41.8 Å². The number of aliphatic imine (C=N–C) groups is 2. The molecule has 0 amide bonds. The zero-order chi connectivity index (χ0) is 23.0. The molecule has 0 spiro atoms. The van der Waals surface area contributed by atoms with Crippen LogP contribution >= 0.6 is 0 Å². The molecule has 1 saturated carbocycles. The molecule has 0 radical (unpaired) electrons. The third-order valence-corrected chi connectivity index (χ3v) is 7.14. The molecule has 0 N–H and O–H groups in total. The summed E-state index contributed by atoms with van der Waals surface area (Å²) in [6.07, 6.45) is 12.5. The smallest absolute Gasteiger partial charge is 0.140 e. The number of likely N-dealkylation sites (N-methyl/N-ethyl adjacent to an activating group) is 1. The number of nitrogens with zero attached hydrogens (tertiary/aromatic N) is 5. The predicted octanol–water partition coefficient (Wildman–Crippen LogP) is 5.05. The lowest BCUT2D eigenvalue weighted by atomic mass is 9.88. The highest BCUT2D eigenvalue weighted by Crippen LogP contribution is 2.37. The van der Waals surface area contributed by atoms with Gasteiger partial charge in [0.25, 0.3) is 0 Å². The Hall–Kier alpha value is -2.66. The SMILES string of the molecule is C=C(C)/C(C)=C/C(=NC)C1=CC(=C2CCC2)N2C=C(N3CCN(C)[C@H](C)C3)C=C(C)C2=N1. The van der Waals surface area contributed by atoms with Gasteiger partial charge in [0.2, 0.25) is 0 Å². The van der Waals surface area contributed by atoms with Gasteiger partial charge in [-0.05, 0) is 89.0 Å². The van der Waals surface area contributed by atoms with Crippen molar-refractivity contribution in [1.29, 1.82) is 0 Å². The van der Waals surface area contributed by atoms with Crippen molar-refractivity contribution in [3.63, 3.8) is 0 Å². The average molecular weight is 432 g/mol. The normalized spacial score (nSPS) is 25.0. The zero-order valence-electron chi connectivity index (χ0n) is 20.6. The van der Waals surface area contributed by atoms with Gasteiger partial charge in [-0.3, -0.25) is 9.89 Å². The van der Waals surface area contributed by atoms with Gasteiger partial charge in [-0.1, -0.05) is 12.2 Å². The van der Waals surface area contributed by atoms with Crippen LogP contribution in [-0.2, 0) is 0 Å². The molecular formula is C27H37N5. The Kier molecular flexibility index (Phi) is 6.38. The van der Waals surface area contributed by atoms with Crippen LogP contribution in [0.4, 0.5) is 0 Å². The fraction of sp³-hybridized carbons (Fsp3) is 0.481. The van der Waals surface area contributed by atoms with E-state index in [-0.39, 0.29) is 0 Å². The number of hydrogen-bond donors (Lipinski definition) is 0. The first-order valence-corrected chi connectivity index (χ1v) is 11.8. The second-order valence-electron chi connectivity index (χ2n) is 9.55. The molecule has 4 rings (SSSR count). The number of hydrogen-bond acceptors (Lipinski definition) is 5. The maximum absolute atomic E-state index is 5.09. The van der Waals surface area contributed by atoms with E-state index >= 15 is 0 Å². The number of amidine groups is 1. The number of allylic oxidation sites excluding steroid dienone is 6. The fourth-order valence-electron chi connectivity index (χ4n) is 4.43. The van der Waals surface area contributed by atoms with E-state index in [0.29, 0.717) is 6.04 Å². The quantitative estimate of drug-likeness (QED) is 0.461. The summed E-state index contributed by atoms with van der Waals surface area (Å²) in [7, 11) is 4.06. The van der Waals surface area contributed by atoms with Crippen LogP contribution in [0.25, 0.3) is 0 Å². The zero-order valence-corrected chi connectivity index (χ0v) is 20.6. The first kappa shape index (κ1) is 22.5. The second kappa shape index (κ2) is 9.07. The summed E-state index contributed by atoms with van der Waals surface area (Å²) < 4.78 is 0. The van der Waals surface area contributed by atoms with Crippen LogP contribution in [0.15, 0.2) is 80.4 Å². The van der Waals surface area contributed by atoms with Gasteiger partial charge in [0.05, 0.1) is 17.1 Å². The van der Waals surface area contributed by atoms with E-state index in [4.69, 9.17) is 4.99 Å². The topological polar surface area (TPSA) is 34.4 Å². The lowest BCUT2D eigenvalue weighted by Gasteiger charge is -2.42. The van der Waals surface area contributed by atoms with Crippen LogP contribution in [0.1, 0.15) is 47.0 Å². The molecule has 1 aliphatic carbocycles. The van der Waals surface area contributed by atoms with Gasteiger partial charge in [-0.25, -0.2) is 4.99 Å². The van der Waals surface area contributed by atoms with E-state index in [9.17, 15) is 0 Å². The molecule has 0 unspecified atom stereocenters. The summed E-state index contributed by atoms with van der Waals surface area (Å²) in [5.74, 6) is 1.02. The Bertz CT molecular complexity index is 1020. The van der Waals surface area contributed by atoms with Gasteiger partial charge in [-0.2, -0.15) is 0 Å². The van der Waals surface area contributed by atoms with Crippen molar-refractivity contribution in [2.75, 3.05) is 33.7 Å². The highest BCUT2D eigenvalue weighted by Gasteiger charge is 2.31. The third kappa shape index (κ3) is 4.31. The lowest BCUT2D eigenvalue weighted by Crippen LogP contribution is -2.50. The van der Waals surface area contributed by atoms with E-state index in [2.05, 4.69) is 78.5 Å². The predicted molar refractivity (Wildman–Crippen MR) is 136 cm³/mol. The maximum Gasteiger partial charge on any atom is 0.140 e. The number of rotatable bonds is 4. The van der Waals surface area contributed by atoms with E-state index in [1.54, 1.807) is 0 Å². The monoisotopic (exact) mass is 431 g/mol. The van der Waals surface area contributed by atoms with Crippen molar-refractivity contribution in [2.45, 2.75) is 53.0 Å². The molecule has 0 aromatic rings. The fourth-order valence-corrected chi connectivity index (χ4v) is 4.43. The minimum Gasteiger partial charge on any atom is -0.367 e. The Morgan fingerprint density at radius 2 is 1.97 bits per heavy atom. The molecule has 0 aromatic carbocycles. The summed E-state index contributed by atoms with van der Waals surface area (Å²) >= 11 is 0. The number of piperazine rings is 1. The van der Waals surface area contributed by atoms with Crippen molar-refractivity contribution in [3.8, 4) is 0 Å². The van der Waals surface area contributed by atoms with Crippen LogP contribution < -0.4 is 0 Å². The van der Waals surface area contributed by atoms with Crippen molar-refractivity contribution >= 4 is 11.5 Å². The first-order valence-electron chi connectivity index (χ1n) is 11.8. The third-order valence-electron chi connectivity index (χ3n) is 7.14. The Morgan fingerprint density at radius 3 is 2.56 bits per heavy atom. The molecule has 1 atom stereocenters. The summed E-state index contributed by atoms with van der Waals surface area (Å²) in [6.45, 7) is 15.9. The molecular weight excluding hydrogens is 394 g/mol. The molecule has 1 saturated heterocycles. The van der Waals surface area contributed by atoms with Gasteiger partial charge in [0.1, 0.15) is 5.84 Å². The molecule has 0 aromatic heterocycles. The first-order chi connectivity index (χ1) is 15.3. The van der Waals surface area contributed by atoms with E-state index in [0.717, 1.165) is 48.0 Å². The minimum atomic E-state index is 0.553. The van der Waals surface area contributed by atoms with Crippen LogP contribution in [0.3, 0.4) is 0 Å². The molecule has 5 heteroatoms. The van der Waals surface area contributed by atoms with Gasteiger partial charge in [-0.15, -0.1) is 0 Å². The van der Waals surface area contributed by atoms with Crippen molar-refractivity contribution < 1.29 is 0 Å². The van der Waals surface area contributed by atoms with Gasteiger partial charge in [0, 0.05) is 44.6 Å². The summed E-state index contributed by atoms with van der Waals surface area (Å²) in [5.41, 5.74) is 9.32. The standard InChI is InChI=1S/C27H37N5/c1-18(2)19(3)14-24(28-6)25-15-26(22-9-8-10-22)32-17-23(13-20(4)27(32)29-25)31-12-11-30(7)21(5)16-31/h13-15,17,21H,1,8-12,16H2,2-7H3/b19-14+,28-24?/t21-/m1/s1. The van der Waals surface area contributed by atoms with Gasteiger partial charge < -0.3 is 9.80 Å². The molecule has 32 heavy (non-hydrogen) atoms. The Morgan fingerprint density at radius 1 is 1.22 bits per heavy atom. The highest BCUT2D eigenvalue weighted by atomic mass is 15.3. The Labute approximate surface area is 193 Å². The molecule has 2 fully saturated rings. The van der Waals surface area contributed by atoms with Crippen LogP contribution in [0, 0.1) is 0 Å². The van der Waals surface area contributed by atoms with Crippen LogP contribution in [0.2, 0.25) is 0 Å². The molecule has 3 aliphatic heterocycles. The van der Waals surface area contributed by atoms with Crippen LogP contribution in [0.5, 0.6) is 0 Å². The molecule has 0 bridgehead atoms. The molecule has 4 aliphatic rings. The average Bonchev–Trinajstić information content (AvgIpc) is 2.72. The largest absolute Gasteiger partial charge is 0.367 e. The van der Waals surface area contributed by atoms with Crippen molar-refractivity contribution in [1.82, 2.24) is 14.7 Å². The van der Waals surface area contributed by atoms with Gasteiger partial charge in [0.15, 0.2) is 0 Å². The maximum atomic E-state index is 5.09. The molecule has 3 heterocycles. The lowest BCUT2D eigenvalue weighted by molar-refractivity contribution is 0.132. The van der Waals surface area contributed by atoms with Gasteiger partial charge >= 0.3 is 0 Å². The summed E-state index contributed by atoms with van der Waals surface area (Å²) in [4.78, 5) is 16.9. The molecule has 5 nitrogen and oxygen atoms in total. The molecule has 170 valence electrons. The summed E-state index contributed by atoms with van der Waals surface area (Å²) in [5, 5.41) is 0. The highest BCUT2D eigenvalue weighted by molar-refractivity contribution is 6.13. The van der Waals surface area contributed by atoms with Crippen LogP contribution in [-0.4, -0.2) is 66.0 Å². The summed E-state index contributed by atoms with van der Waals surface area (Å²) in [6, 6.07) is 0.553. The van der Waals surface area contributed by atoms with E-state index < -0.39 is 0 Å². The van der Waals surface area contributed by atoms with Crippen molar-refractivity contribution in [3.05, 3.63) is 70.4 Å². The second-order valence-corrected chi connectivity index (χ2v) is 9.55. The number of fused-ring (bicyclic) bond motifs is 1. The van der Waals surface area contributed by atoms with E-state index in [1.807, 2.05) is 14.0 Å². The minimum absolute atomic E-state index is 0.553. The van der Waals surface area contributed by atoms with Crippen molar-refractivity contribution in [2.24, 2.45) is 9.98 Å².